The highest BCUT2D eigenvalue weighted by atomic mass is 31.1. The van der Waals surface area contributed by atoms with E-state index in [2.05, 4.69) is 41.5 Å². The first-order valence-corrected chi connectivity index (χ1v) is 10.9. The maximum atomic E-state index is 2.51. The maximum Gasteiger partial charge on any atom is -0.0136 e. The average molecular weight is 286 g/mol. The zero-order chi connectivity index (χ0) is 13.6. The number of hydrogen-bond acceptors (Lipinski definition) is 0. The fourth-order valence-electron chi connectivity index (χ4n) is 4.05. The molecule has 4 atom stereocenters. The molecule has 0 bridgehead atoms. The molecule has 0 aliphatic carbocycles. The van der Waals surface area contributed by atoms with Crippen molar-refractivity contribution in [3.8, 4) is 0 Å². The highest BCUT2D eigenvalue weighted by molar-refractivity contribution is 7.64. The first-order valence-electron chi connectivity index (χ1n) is 7.75. The first kappa shape index (κ1) is 15.3. The minimum Gasteiger partial charge on any atom is -0.0974 e. The van der Waals surface area contributed by atoms with Gasteiger partial charge in [-0.3, -0.25) is 0 Å². The molecule has 2 aliphatic rings. The second-order valence-electron chi connectivity index (χ2n) is 8.15. The first-order chi connectivity index (χ1) is 8.21. The van der Waals surface area contributed by atoms with Crippen LogP contribution in [0.1, 0.15) is 67.2 Å². The van der Waals surface area contributed by atoms with Crippen LogP contribution in [0.5, 0.6) is 0 Å². The van der Waals surface area contributed by atoms with Gasteiger partial charge in [0.05, 0.1) is 0 Å². The summed E-state index contributed by atoms with van der Waals surface area (Å²) in [7, 11) is 0.564. The summed E-state index contributed by atoms with van der Waals surface area (Å²) in [6.07, 6.45) is 9.29. The SMILES string of the molecule is CC(C)(C)P1CCCC1[C@H]1CCC[P@]1C(C)(C)C. The molecule has 2 saturated heterocycles. The van der Waals surface area contributed by atoms with Crippen LogP contribution in [0.2, 0.25) is 0 Å². The molecule has 0 nitrogen and oxygen atoms in total. The van der Waals surface area contributed by atoms with Crippen molar-refractivity contribution in [1.29, 1.82) is 0 Å². The fourth-order valence-corrected chi connectivity index (χ4v) is 12.2. The van der Waals surface area contributed by atoms with Crippen LogP contribution in [-0.4, -0.2) is 34.0 Å². The molecular weight excluding hydrogens is 254 g/mol. The number of hydrogen-bond donors (Lipinski definition) is 0. The van der Waals surface area contributed by atoms with Crippen molar-refractivity contribution in [1.82, 2.24) is 0 Å². The fraction of sp³-hybridized carbons (Fsp3) is 1.00. The third-order valence-corrected chi connectivity index (χ3v) is 12.9. The van der Waals surface area contributed by atoms with Crippen LogP contribution >= 0.6 is 15.8 Å². The zero-order valence-corrected chi connectivity index (χ0v) is 15.1. The van der Waals surface area contributed by atoms with Gasteiger partial charge in [0, 0.05) is 0 Å². The molecule has 0 aromatic carbocycles. The van der Waals surface area contributed by atoms with Crippen LogP contribution in [0, 0.1) is 0 Å². The Kier molecular flexibility index (Phi) is 4.52. The lowest BCUT2D eigenvalue weighted by Gasteiger charge is -2.42. The standard InChI is InChI=1S/C16H32P2/c1-15(2,3)17-11-7-9-13(17)14-10-8-12-18(14)16(4,5)6/h13-14H,7-12H2,1-6H3/t13-,14?,17+,18?/m1/s1. The zero-order valence-electron chi connectivity index (χ0n) is 13.3. The number of rotatable bonds is 1. The molecule has 0 spiro atoms. The third-order valence-electron chi connectivity index (χ3n) is 4.77. The summed E-state index contributed by atoms with van der Waals surface area (Å²) < 4.78 is 0. The molecule has 0 aromatic heterocycles. The van der Waals surface area contributed by atoms with E-state index in [-0.39, 0.29) is 15.8 Å². The Balaban J connectivity index is 2.15. The van der Waals surface area contributed by atoms with E-state index < -0.39 is 0 Å². The van der Waals surface area contributed by atoms with Gasteiger partial charge in [-0.05, 0) is 59.6 Å². The van der Waals surface area contributed by atoms with Crippen LogP contribution in [0.25, 0.3) is 0 Å². The van der Waals surface area contributed by atoms with Gasteiger partial charge in [-0.2, -0.15) is 0 Å². The van der Waals surface area contributed by atoms with E-state index in [0.29, 0.717) is 10.3 Å². The highest BCUT2D eigenvalue weighted by Gasteiger charge is 2.46. The van der Waals surface area contributed by atoms with E-state index in [1.54, 1.807) is 25.2 Å². The minimum absolute atomic E-state index is 0.282. The minimum atomic E-state index is 0.282. The molecule has 2 heterocycles. The molecule has 0 saturated carbocycles. The average Bonchev–Trinajstić information content (AvgIpc) is 2.83. The molecular formula is C16H32P2. The molecule has 2 fully saturated rings. The Labute approximate surface area is 117 Å². The summed E-state index contributed by atoms with van der Waals surface area (Å²) >= 11 is 0. The molecule has 0 N–H and O–H groups in total. The largest absolute Gasteiger partial charge is 0.0974 e. The van der Waals surface area contributed by atoms with Gasteiger partial charge in [0.15, 0.2) is 0 Å². The van der Waals surface area contributed by atoms with Crippen molar-refractivity contribution < 1.29 is 0 Å². The third kappa shape index (κ3) is 3.12. The summed E-state index contributed by atoms with van der Waals surface area (Å²) in [6, 6.07) is 0. The predicted octanol–water partition coefficient (Wildman–Crippen LogP) is 5.87. The lowest BCUT2D eigenvalue weighted by molar-refractivity contribution is 0.671. The topological polar surface area (TPSA) is 0 Å². The van der Waals surface area contributed by atoms with Gasteiger partial charge >= 0.3 is 0 Å². The van der Waals surface area contributed by atoms with Crippen molar-refractivity contribution in [2.24, 2.45) is 0 Å². The van der Waals surface area contributed by atoms with Crippen molar-refractivity contribution in [2.75, 3.05) is 12.3 Å². The van der Waals surface area contributed by atoms with Gasteiger partial charge in [0.1, 0.15) is 0 Å². The molecule has 0 aromatic rings. The maximum absolute atomic E-state index is 2.51. The van der Waals surface area contributed by atoms with E-state index in [1.807, 2.05) is 0 Å². The van der Waals surface area contributed by atoms with Gasteiger partial charge in [-0.25, -0.2) is 0 Å². The second kappa shape index (κ2) is 5.33. The molecule has 106 valence electrons. The summed E-state index contributed by atoms with van der Waals surface area (Å²) in [5.41, 5.74) is 2.24. The summed E-state index contributed by atoms with van der Waals surface area (Å²) in [4.78, 5) is 0. The van der Waals surface area contributed by atoms with Crippen LogP contribution in [-0.2, 0) is 0 Å². The van der Waals surface area contributed by atoms with Crippen LogP contribution < -0.4 is 0 Å². The molecule has 0 radical (unpaired) electrons. The smallest absolute Gasteiger partial charge is 0.0136 e. The molecule has 2 heteroatoms. The molecule has 2 rings (SSSR count). The molecule has 18 heavy (non-hydrogen) atoms. The van der Waals surface area contributed by atoms with E-state index in [4.69, 9.17) is 0 Å². The van der Waals surface area contributed by atoms with Gasteiger partial charge in [-0.1, -0.05) is 57.4 Å². The monoisotopic (exact) mass is 286 g/mol. The van der Waals surface area contributed by atoms with Gasteiger partial charge in [-0.15, -0.1) is 0 Å². The Morgan fingerprint density at radius 3 is 1.28 bits per heavy atom. The van der Waals surface area contributed by atoms with Crippen LogP contribution in [0.4, 0.5) is 0 Å². The predicted molar refractivity (Wildman–Crippen MR) is 89.1 cm³/mol. The van der Waals surface area contributed by atoms with Gasteiger partial charge < -0.3 is 0 Å². The summed E-state index contributed by atoms with van der Waals surface area (Å²) in [5, 5.41) is 1.19. The van der Waals surface area contributed by atoms with Gasteiger partial charge in [0.2, 0.25) is 0 Å². The van der Waals surface area contributed by atoms with Crippen molar-refractivity contribution in [3.05, 3.63) is 0 Å². The molecule has 2 aliphatic heterocycles. The van der Waals surface area contributed by atoms with E-state index in [9.17, 15) is 0 Å². The Morgan fingerprint density at radius 1 is 0.667 bits per heavy atom. The van der Waals surface area contributed by atoms with Crippen molar-refractivity contribution >= 4 is 15.8 Å². The lowest BCUT2D eigenvalue weighted by Crippen LogP contribution is -2.29. The van der Waals surface area contributed by atoms with E-state index in [0.717, 1.165) is 11.3 Å². The Morgan fingerprint density at radius 2 is 1.00 bits per heavy atom. The van der Waals surface area contributed by atoms with E-state index >= 15 is 0 Å². The van der Waals surface area contributed by atoms with Crippen molar-refractivity contribution in [3.63, 3.8) is 0 Å². The lowest BCUT2D eigenvalue weighted by atomic mass is 10.1. The Bertz CT molecular complexity index is 254. The van der Waals surface area contributed by atoms with Crippen molar-refractivity contribution in [2.45, 2.75) is 88.9 Å². The second-order valence-corrected chi connectivity index (χ2v) is 14.9. The quantitative estimate of drug-likeness (QED) is 0.529. The normalized spacial score (nSPS) is 38.3. The van der Waals surface area contributed by atoms with Crippen LogP contribution in [0.15, 0.2) is 0 Å². The van der Waals surface area contributed by atoms with Crippen LogP contribution in [0.3, 0.4) is 0 Å². The summed E-state index contributed by atoms with van der Waals surface area (Å²) in [5.74, 6) is 0. The molecule has 0 amide bonds. The highest BCUT2D eigenvalue weighted by Crippen LogP contribution is 2.69. The van der Waals surface area contributed by atoms with Gasteiger partial charge in [0.25, 0.3) is 0 Å². The van der Waals surface area contributed by atoms with E-state index in [1.165, 1.54) is 12.8 Å². The Hall–Kier alpha value is 0.860. The molecule has 2 unspecified atom stereocenters. The summed E-state index contributed by atoms with van der Waals surface area (Å²) in [6.45, 7) is 15.0.